The third-order valence-electron chi connectivity index (χ3n) is 4.43. The van der Waals surface area contributed by atoms with Crippen molar-refractivity contribution in [3.8, 4) is 11.1 Å². The number of hydrogen-bond donors (Lipinski definition) is 2. The van der Waals surface area contributed by atoms with E-state index in [1.54, 1.807) is 6.92 Å². The molecule has 0 aromatic heterocycles. The summed E-state index contributed by atoms with van der Waals surface area (Å²) in [6.45, 7) is 4.44. The van der Waals surface area contributed by atoms with Crippen molar-refractivity contribution in [2.24, 2.45) is 0 Å². The molecule has 4 nitrogen and oxygen atoms in total. The molecule has 0 aliphatic carbocycles. The van der Waals surface area contributed by atoms with Crippen LogP contribution in [0.2, 0.25) is 0 Å². The largest absolute Gasteiger partial charge is 0.345 e. The smallest absolute Gasteiger partial charge is 0.191 e. The topological polar surface area (TPSA) is 56.2 Å². The maximum absolute atomic E-state index is 11.6. The lowest BCUT2D eigenvalue weighted by molar-refractivity contribution is 0.101. The standard InChI is InChI=1S/C19H21N3O/c1-13(23)14-6-4-7-15(10-14)16-8-5-9-17(11-16)19(2)12-22(3)18(20)21-19/h4-11H,12H2,1-3H3,(H2,20,21). The quantitative estimate of drug-likeness (QED) is 0.856. The van der Waals surface area contributed by atoms with Crippen molar-refractivity contribution in [3.63, 3.8) is 0 Å². The average molecular weight is 307 g/mol. The number of carbonyl (C=O) groups excluding carboxylic acids is 1. The summed E-state index contributed by atoms with van der Waals surface area (Å²) < 4.78 is 0. The van der Waals surface area contributed by atoms with Crippen LogP contribution in [0.25, 0.3) is 11.1 Å². The minimum Gasteiger partial charge on any atom is -0.345 e. The van der Waals surface area contributed by atoms with Crippen LogP contribution in [0.5, 0.6) is 0 Å². The van der Waals surface area contributed by atoms with E-state index in [1.807, 2.05) is 42.3 Å². The minimum absolute atomic E-state index is 0.0718. The van der Waals surface area contributed by atoms with E-state index in [-0.39, 0.29) is 11.3 Å². The Balaban J connectivity index is 1.99. The van der Waals surface area contributed by atoms with Gasteiger partial charge in [-0.2, -0.15) is 0 Å². The van der Waals surface area contributed by atoms with Crippen molar-refractivity contribution in [1.82, 2.24) is 10.2 Å². The Morgan fingerprint density at radius 3 is 2.43 bits per heavy atom. The van der Waals surface area contributed by atoms with Gasteiger partial charge in [0.15, 0.2) is 11.7 Å². The number of hydrogen-bond acceptors (Lipinski definition) is 2. The fourth-order valence-corrected chi connectivity index (χ4v) is 3.07. The van der Waals surface area contributed by atoms with E-state index in [0.717, 1.165) is 28.8 Å². The third-order valence-corrected chi connectivity index (χ3v) is 4.43. The zero-order valence-corrected chi connectivity index (χ0v) is 13.7. The van der Waals surface area contributed by atoms with E-state index in [9.17, 15) is 4.79 Å². The van der Waals surface area contributed by atoms with Crippen LogP contribution in [0.3, 0.4) is 0 Å². The lowest BCUT2D eigenvalue weighted by atomic mass is 9.90. The second-order valence-electron chi connectivity index (χ2n) is 6.38. The Hall–Kier alpha value is -2.62. The molecule has 23 heavy (non-hydrogen) atoms. The molecule has 1 saturated heterocycles. The minimum atomic E-state index is -0.278. The number of ketones is 1. The highest BCUT2D eigenvalue weighted by atomic mass is 16.1. The molecule has 0 radical (unpaired) electrons. The summed E-state index contributed by atoms with van der Waals surface area (Å²) in [4.78, 5) is 13.5. The van der Waals surface area contributed by atoms with E-state index in [0.29, 0.717) is 5.96 Å². The third kappa shape index (κ3) is 2.84. The molecule has 0 spiro atoms. The molecule has 118 valence electrons. The van der Waals surface area contributed by atoms with Gasteiger partial charge in [0.05, 0.1) is 5.54 Å². The van der Waals surface area contributed by atoms with Gasteiger partial charge in [0.25, 0.3) is 0 Å². The van der Waals surface area contributed by atoms with E-state index in [1.165, 1.54) is 0 Å². The Kier molecular flexibility index (Phi) is 3.68. The van der Waals surface area contributed by atoms with Crippen LogP contribution in [-0.4, -0.2) is 30.2 Å². The molecule has 1 unspecified atom stereocenters. The van der Waals surface area contributed by atoms with Gasteiger partial charge in [0.1, 0.15) is 0 Å². The molecule has 1 aliphatic rings. The molecule has 1 fully saturated rings. The van der Waals surface area contributed by atoms with Crippen LogP contribution < -0.4 is 5.32 Å². The molecule has 4 heteroatoms. The molecule has 3 rings (SSSR count). The summed E-state index contributed by atoms with van der Waals surface area (Å²) in [7, 11) is 1.92. The molecule has 1 heterocycles. The zero-order chi connectivity index (χ0) is 16.6. The SMILES string of the molecule is CC(=O)c1cccc(-c2cccc(C3(C)CN(C)C(=N)N3)c2)c1. The van der Waals surface area contributed by atoms with Crippen molar-refractivity contribution in [2.75, 3.05) is 13.6 Å². The predicted octanol–water partition coefficient (Wildman–Crippen LogP) is 3.24. The summed E-state index contributed by atoms with van der Waals surface area (Å²) in [6, 6.07) is 16.0. The van der Waals surface area contributed by atoms with Crippen molar-refractivity contribution in [1.29, 1.82) is 5.41 Å². The fourth-order valence-electron chi connectivity index (χ4n) is 3.07. The van der Waals surface area contributed by atoms with Gasteiger partial charge in [-0.15, -0.1) is 0 Å². The first-order valence-electron chi connectivity index (χ1n) is 7.69. The van der Waals surface area contributed by atoms with Crippen molar-refractivity contribution >= 4 is 11.7 Å². The molecule has 1 atom stereocenters. The number of likely N-dealkylation sites (N-methyl/N-ethyl adjacent to an activating group) is 1. The first-order valence-corrected chi connectivity index (χ1v) is 7.69. The normalized spacial score (nSPS) is 20.5. The van der Waals surface area contributed by atoms with E-state index < -0.39 is 0 Å². The van der Waals surface area contributed by atoms with Crippen LogP contribution >= 0.6 is 0 Å². The highest BCUT2D eigenvalue weighted by Crippen LogP contribution is 2.30. The molecular weight excluding hydrogens is 286 g/mol. The number of benzene rings is 2. The highest BCUT2D eigenvalue weighted by Gasteiger charge is 2.36. The van der Waals surface area contributed by atoms with Gasteiger partial charge in [0, 0.05) is 19.2 Å². The van der Waals surface area contributed by atoms with Crippen LogP contribution in [0.15, 0.2) is 48.5 Å². The number of nitrogens with one attached hydrogen (secondary N) is 2. The molecule has 0 amide bonds. The average Bonchev–Trinajstić information content (AvgIpc) is 2.81. The van der Waals surface area contributed by atoms with Gasteiger partial charge in [-0.3, -0.25) is 10.2 Å². The van der Waals surface area contributed by atoms with Gasteiger partial charge in [-0.25, -0.2) is 0 Å². The molecule has 0 bridgehead atoms. The van der Waals surface area contributed by atoms with Gasteiger partial charge >= 0.3 is 0 Å². The van der Waals surface area contributed by atoms with E-state index in [4.69, 9.17) is 5.41 Å². The van der Waals surface area contributed by atoms with Gasteiger partial charge in [0.2, 0.25) is 0 Å². The number of rotatable bonds is 3. The number of nitrogens with zero attached hydrogens (tertiary/aromatic N) is 1. The second-order valence-corrected chi connectivity index (χ2v) is 6.38. The predicted molar refractivity (Wildman–Crippen MR) is 92.7 cm³/mol. The Labute approximate surface area is 136 Å². The van der Waals surface area contributed by atoms with Crippen LogP contribution in [0, 0.1) is 5.41 Å². The lowest BCUT2D eigenvalue weighted by Gasteiger charge is -2.24. The summed E-state index contributed by atoms with van der Waals surface area (Å²) in [5.74, 6) is 0.513. The van der Waals surface area contributed by atoms with Gasteiger partial charge in [-0.1, -0.05) is 36.4 Å². The summed E-state index contributed by atoms with van der Waals surface area (Å²) in [6.07, 6.45) is 0. The molecular formula is C19H21N3O. The summed E-state index contributed by atoms with van der Waals surface area (Å²) in [5.41, 5.74) is 3.69. The first kappa shape index (κ1) is 15.3. The van der Waals surface area contributed by atoms with Crippen molar-refractivity contribution in [3.05, 3.63) is 59.7 Å². The van der Waals surface area contributed by atoms with Crippen LogP contribution in [0.4, 0.5) is 0 Å². The van der Waals surface area contributed by atoms with E-state index >= 15 is 0 Å². The maximum atomic E-state index is 11.6. The van der Waals surface area contributed by atoms with Crippen LogP contribution in [0.1, 0.15) is 29.8 Å². The fraction of sp³-hybridized carbons (Fsp3) is 0.263. The van der Waals surface area contributed by atoms with Gasteiger partial charge < -0.3 is 10.2 Å². The van der Waals surface area contributed by atoms with Crippen LogP contribution in [-0.2, 0) is 5.54 Å². The lowest BCUT2D eigenvalue weighted by Crippen LogP contribution is -2.37. The number of guanidine groups is 1. The van der Waals surface area contributed by atoms with Gasteiger partial charge in [-0.05, 0) is 42.7 Å². The summed E-state index contributed by atoms with van der Waals surface area (Å²) in [5, 5.41) is 11.2. The first-order chi connectivity index (χ1) is 10.9. The molecule has 1 aliphatic heterocycles. The van der Waals surface area contributed by atoms with Crippen molar-refractivity contribution in [2.45, 2.75) is 19.4 Å². The molecule has 2 aromatic carbocycles. The second kappa shape index (κ2) is 5.54. The molecule has 2 N–H and O–H groups in total. The Morgan fingerprint density at radius 1 is 1.17 bits per heavy atom. The molecule has 0 saturated carbocycles. The highest BCUT2D eigenvalue weighted by molar-refractivity contribution is 5.95. The van der Waals surface area contributed by atoms with E-state index in [2.05, 4.69) is 30.4 Å². The monoisotopic (exact) mass is 307 g/mol. The Bertz CT molecular complexity index is 784. The van der Waals surface area contributed by atoms with Crippen molar-refractivity contribution < 1.29 is 4.79 Å². The number of Topliss-reactive ketones (excluding diaryl/α,β-unsaturated/α-hetero) is 1. The Morgan fingerprint density at radius 2 is 1.83 bits per heavy atom. The zero-order valence-electron chi connectivity index (χ0n) is 13.7. The number of carbonyl (C=O) groups is 1. The summed E-state index contributed by atoms with van der Waals surface area (Å²) >= 11 is 0. The maximum Gasteiger partial charge on any atom is 0.191 e. The molecule has 2 aromatic rings.